The zero-order chi connectivity index (χ0) is 9.56. The number of hydrogen-bond acceptors (Lipinski definition) is 3. The number of carbonyl (C=O) groups is 2. The fourth-order valence-electron chi connectivity index (χ4n) is 0.615. The molecule has 0 heterocycles. The number of rotatable bonds is 0. The highest BCUT2D eigenvalue weighted by molar-refractivity contribution is 7.97. The molecule has 66 valence electrons. The van der Waals surface area contributed by atoms with Gasteiger partial charge in [0.05, 0.1) is 0 Å². The lowest BCUT2D eigenvalue weighted by Crippen LogP contribution is -2.10. The van der Waals surface area contributed by atoms with Gasteiger partial charge in [0.25, 0.3) is 0 Å². The Kier molecular flexibility index (Phi) is 5.37. The fraction of sp³-hybridized carbons (Fsp3) is 0.333. The largest absolute Gasteiger partial charge is 0.286 e. The number of ketones is 2. The summed E-state index contributed by atoms with van der Waals surface area (Å²) >= 11 is 1.75. The van der Waals surface area contributed by atoms with E-state index in [-0.39, 0.29) is 0 Å². The van der Waals surface area contributed by atoms with Gasteiger partial charge >= 0.3 is 0 Å². The molecule has 1 rings (SSSR count). The second kappa shape index (κ2) is 5.77. The van der Waals surface area contributed by atoms with Crippen molar-refractivity contribution in [3.63, 3.8) is 0 Å². The predicted octanol–water partition coefficient (Wildman–Crippen LogP) is 1.62. The van der Waals surface area contributed by atoms with Gasteiger partial charge in [0, 0.05) is 0 Å². The summed E-state index contributed by atoms with van der Waals surface area (Å²) in [6.45, 7) is 1.78. The van der Waals surface area contributed by atoms with E-state index in [1.54, 1.807) is 24.8 Å². The van der Waals surface area contributed by atoms with Crippen LogP contribution in [0.1, 0.15) is 6.92 Å². The first kappa shape index (κ1) is 11.2. The maximum atomic E-state index is 10.5. The van der Waals surface area contributed by atoms with Gasteiger partial charge in [0.15, 0.2) is 0 Å². The monoisotopic (exact) mass is 184 g/mol. The minimum atomic E-state index is -0.430. The first-order chi connectivity index (χ1) is 5.61. The van der Waals surface area contributed by atoms with Crippen LogP contribution in [0.15, 0.2) is 23.8 Å². The normalized spacial score (nSPS) is 15.1. The molecular formula is C9H12O2S. The summed E-state index contributed by atoms with van der Waals surface area (Å²) in [7, 11) is 0. The van der Waals surface area contributed by atoms with Crippen molar-refractivity contribution in [2.45, 2.75) is 6.92 Å². The quantitative estimate of drug-likeness (QED) is 0.424. The highest BCUT2D eigenvalue weighted by Crippen LogP contribution is 2.01. The standard InChI is InChI=1S/C7H6O2.C2H6S/c1-5-2-3-6(8)7(9)4-5;1-3-2/h2-4H,1H3;1-2H3. The molecule has 0 saturated carbocycles. The average molecular weight is 184 g/mol. The van der Waals surface area contributed by atoms with Crippen molar-refractivity contribution in [1.82, 2.24) is 0 Å². The van der Waals surface area contributed by atoms with Crippen LogP contribution in [0.2, 0.25) is 0 Å². The maximum Gasteiger partial charge on any atom is 0.225 e. The summed E-state index contributed by atoms with van der Waals surface area (Å²) in [5.74, 6) is -0.851. The van der Waals surface area contributed by atoms with Gasteiger partial charge < -0.3 is 0 Å². The van der Waals surface area contributed by atoms with E-state index in [1.165, 1.54) is 12.2 Å². The Hall–Kier alpha value is -0.830. The van der Waals surface area contributed by atoms with Gasteiger partial charge in [0.1, 0.15) is 0 Å². The van der Waals surface area contributed by atoms with Crippen LogP contribution < -0.4 is 0 Å². The Morgan fingerprint density at radius 1 is 1.08 bits per heavy atom. The molecule has 0 unspecified atom stereocenters. The van der Waals surface area contributed by atoms with Gasteiger partial charge in [-0.25, -0.2) is 0 Å². The molecule has 0 aromatic heterocycles. The molecule has 0 spiro atoms. The molecule has 0 N–H and O–H groups in total. The number of allylic oxidation sites excluding steroid dienone is 4. The Bertz CT molecular complexity index is 239. The van der Waals surface area contributed by atoms with E-state index < -0.39 is 11.6 Å². The lowest BCUT2D eigenvalue weighted by atomic mass is 10.1. The highest BCUT2D eigenvalue weighted by Gasteiger charge is 2.09. The van der Waals surface area contributed by atoms with E-state index in [9.17, 15) is 9.59 Å². The van der Waals surface area contributed by atoms with E-state index in [4.69, 9.17) is 0 Å². The molecule has 12 heavy (non-hydrogen) atoms. The van der Waals surface area contributed by atoms with Crippen LogP contribution in [-0.2, 0) is 9.59 Å². The summed E-state index contributed by atoms with van der Waals surface area (Å²) in [5, 5.41) is 0. The lowest BCUT2D eigenvalue weighted by molar-refractivity contribution is -0.131. The van der Waals surface area contributed by atoms with Crippen LogP contribution in [0, 0.1) is 0 Å². The SMILES string of the molecule is CC1=CC(=O)C(=O)C=C1.CSC. The Balaban J connectivity index is 0.000000354. The van der Waals surface area contributed by atoms with E-state index in [2.05, 4.69) is 0 Å². The molecule has 0 aliphatic heterocycles. The number of carbonyl (C=O) groups excluding carboxylic acids is 2. The third-order valence-corrected chi connectivity index (χ3v) is 1.10. The topological polar surface area (TPSA) is 34.1 Å². The van der Waals surface area contributed by atoms with Crippen LogP contribution in [0.3, 0.4) is 0 Å². The molecule has 0 saturated heterocycles. The molecule has 0 atom stereocenters. The Morgan fingerprint density at radius 3 is 1.92 bits per heavy atom. The first-order valence-corrected chi connectivity index (χ1v) is 5.10. The molecule has 0 fully saturated rings. The van der Waals surface area contributed by atoms with Crippen molar-refractivity contribution in [2.75, 3.05) is 12.5 Å². The van der Waals surface area contributed by atoms with E-state index in [0.29, 0.717) is 0 Å². The molecule has 0 aromatic carbocycles. The van der Waals surface area contributed by atoms with Gasteiger partial charge in [-0.15, -0.1) is 0 Å². The first-order valence-electron chi connectivity index (χ1n) is 3.46. The van der Waals surface area contributed by atoms with Gasteiger partial charge in [0.2, 0.25) is 11.6 Å². The zero-order valence-electron chi connectivity index (χ0n) is 7.46. The summed E-state index contributed by atoms with van der Waals surface area (Å²) in [4.78, 5) is 21.0. The molecular weight excluding hydrogens is 172 g/mol. The third-order valence-electron chi connectivity index (χ3n) is 1.10. The molecule has 0 radical (unpaired) electrons. The summed E-state index contributed by atoms with van der Waals surface area (Å²) in [6.07, 6.45) is 8.34. The smallest absolute Gasteiger partial charge is 0.225 e. The van der Waals surface area contributed by atoms with Crippen molar-refractivity contribution in [1.29, 1.82) is 0 Å². The van der Waals surface area contributed by atoms with Gasteiger partial charge in [-0.1, -0.05) is 6.08 Å². The summed E-state index contributed by atoms with van der Waals surface area (Å²) < 4.78 is 0. The second-order valence-electron chi connectivity index (χ2n) is 2.36. The van der Waals surface area contributed by atoms with E-state index in [0.717, 1.165) is 5.57 Å². The van der Waals surface area contributed by atoms with Gasteiger partial charge in [-0.05, 0) is 37.2 Å². The van der Waals surface area contributed by atoms with Gasteiger partial charge in [-0.2, -0.15) is 11.8 Å². The number of thioether (sulfide) groups is 1. The fourth-order valence-corrected chi connectivity index (χ4v) is 0.615. The Morgan fingerprint density at radius 2 is 1.58 bits per heavy atom. The molecule has 0 aromatic rings. The molecule has 2 nitrogen and oxygen atoms in total. The minimum Gasteiger partial charge on any atom is -0.286 e. The predicted molar refractivity (Wildman–Crippen MR) is 52.4 cm³/mol. The van der Waals surface area contributed by atoms with Crippen molar-refractivity contribution in [3.8, 4) is 0 Å². The third kappa shape index (κ3) is 4.13. The van der Waals surface area contributed by atoms with Crippen LogP contribution in [0.25, 0.3) is 0 Å². The molecule has 0 amide bonds. The highest BCUT2D eigenvalue weighted by atomic mass is 32.2. The van der Waals surface area contributed by atoms with E-state index in [1.807, 2.05) is 12.5 Å². The minimum absolute atomic E-state index is 0.421. The number of hydrogen-bond donors (Lipinski definition) is 0. The molecule has 3 heteroatoms. The lowest BCUT2D eigenvalue weighted by Gasteiger charge is -1.95. The molecule has 1 aliphatic rings. The van der Waals surface area contributed by atoms with Crippen LogP contribution in [-0.4, -0.2) is 24.1 Å². The average Bonchev–Trinajstić information content (AvgIpc) is 1.99. The summed E-state index contributed by atoms with van der Waals surface area (Å²) in [5.41, 5.74) is 0.833. The van der Waals surface area contributed by atoms with Crippen LogP contribution in [0.4, 0.5) is 0 Å². The maximum absolute atomic E-state index is 10.5. The zero-order valence-corrected chi connectivity index (χ0v) is 8.27. The van der Waals surface area contributed by atoms with Crippen molar-refractivity contribution in [2.24, 2.45) is 0 Å². The summed E-state index contributed by atoms with van der Waals surface area (Å²) in [6, 6.07) is 0. The van der Waals surface area contributed by atoms with Gasteiger partial charge in [-0.3, -0.25) is 9.59 Å². The second-order valence-corrected chi connectivity index (χ2v) is 3.17. The van der Waals surface area contributed by atoms with E-state index >= 15 is 0 Å². The molecule has 1 aliphatic carbocycles. The Labute approximate surface area is 76.7 Å². The molecule has 0 bridgehead atoms. The van der Waals surface area contributed by atoms with Crippen molar-refractivity contribution >= 4 is 23.3 Å². The van der Waals surface area contributed by atoms with Crippen LogP contribution in [0.5, 0.6) is 0 Å². The van der Waals surface area contributed by atoms with Crippen molar-refractivity contribution < 1.29 is 9.59 Å². The van der Waals surface area contributed by atoms with Crippen molar-refractivity contribution in [3.05, 3.63) is 23.8 Å². The van der Waals surface area contributed by atoms with Crippen LogP contribution >= 0.6 is 11.8 Å².